The first-order chi connectivity index (χ1) is 16.7. The molecule has 7 nitrogen and oxygen atoms in total. The van der Waals surface area contributed by atoms with Gasteiger partial charge in [-0.2, -0.15) is 0 Å². The number of para-hydroxylation sites is 2. The van der Waals surface area contributed by atoms with Gasteiger partial charge in [-0.15, -0.1) is 0 Å². The van der Waals surface area contributed by atoms with Crippen LogP contribution in [0, 0.1) is 0 Å². The van der Waals surface area contributed by atoms with Crippen LogP contribution in [-0.2, 0) is 9.59 Å². The molecule has 1 N–H and O–H groups in total. The van der Waals surface area contributed by atoms with E-state index in [-0.39, 0.29) is 5.70 Å². The van der Waals surface area contributed by atoms with E-state index in [0.717, 1.165) is 6.42 Å². The first-order valence-electron chi connectivity index (χ1n) is 11.2. The van der Waals surface area contributed by atoms with Crippen molar-refractivity contribution in [1.29, 1.82) is 0 Å². The van der Waals surface area contributed by atoms with Gasteiger partial charge in [-0.25, -0.2) is 4.90 Å². The van der Waals surface area contributed by atoms with Gasteiger partial charge >= 0.3 is 0 Å². The van der Waals surface area contributed by atoms with Gasteiger partial charge in [-0.05, 0) is 36.2 Å². The molecule has 0 saturated heterocycles. The average molecular weight is 456 g/mol. The fourth-order valence-electron chi connectivity index (χ4n) is 3.98. The Morgan fingerprint density at radius 2 is 1.62 bits per heavy atom. The summed E-state index contributed by atoms with van der Waals surface area (Å²) in [5, 5.41) is 3.17. The number of nitrogens with zero attached hydrogens (tertiary/aromatic N) is 1. The van der Waals surface area contributed by atoms with E-state index in [1.165, 1.54) is 4.90 Å². The fourth-order valence-corrected chi connectivity index (χ4v) is 3.98. The molecule has 0 aliphatic carbocycles. The normalized spacial score (nSPS) is 15.0. The molecule has 3 aromatic rings. The molecule has 0 unspecified atom stereocenters. The second-order valence-electron chi connectivity index (χ2n) is 7.86. The van der Waals surface area contributed by atoms with Gasteiger partial charge < -0.3 is 19.5 Å². The molecule has 3 aromatic carbocycles. The molecule has 0 bridgehead atoms. The Kier molecular flexibility index (Phi) is 5.91. The van der Waals surface area contributed by atoms with E-state index in [4.69, 9.17) is 14.2 Å². The standard InChI is InChI=1S/C27H24N2O5/c1-2-14-32-21-11-7-6-10-20(21)29-26(30)24(18-8-4-3-5-9-18)25(27(29)31)28-19-12-13-22-23(17-19)34-16-15-33-22/h3-13,17,28H,2,14-16H2,1H3. The molecule has 0 saturated carbocycles. The summed E-state index contributed by atoms with van der Waals surface area (Å²) in [6, 6.07) is 21.6. The smallest absolute Gasteiger partial charge is 0.282 e. The summed E-state index contributed by atoms with van der Waals surface area (Å²) in [7, 11) is 0. The summed E-state index contributed by atoms with van der Waals surface area (Å²) in [5.41, 5.74) is 2.17. The molecule has 0 fully saturated rings. The number of benzene rings is 3. The van der Waals surface area contributed by atoms with Crippen molar-refractivity contribution in [2.24, 2.45) is 0 Å². The van der Waals surface area contributed by atoms with E-state index >= 15 is 0 Å². The number of imide groups is 1. The number of amides is 2. The van der Waals surface area contributed by atoms with Crippen molar-refractivity contribution in [2.45, 2.75) is 13.3 Å². The lowest BCUT2D eigenvalue weighted by Gasteiger charge is -2.20. The molecular weight excluding hydrogens is 432 g/mol. The molecule has 0 spiro atoms. The summed E-state index contributed by atoms with van der Waals surface area (Å²) < 4.78 is 17.1. The van der Waals surface area contributed by atoms with Crippen molar-refractivity contribution >= 4 is 28.8 Å². The Bertz CT molecular complexity index is 1270. The maximum atomic E-state index is 13.7. The topological polar surface area (TPSA) is 77.1 Å². The van der Waals surface area contributed by atoms with Crippen LogP contribution < -0.4 is 24.4 Å². The number of rotatable bonds is 7. The zero-order valence-electron chi connectivity index (χ0n) is 18.7. The van der Waals surface area contributed by atoms with E-state index in [0.29, 0.717) is 59.6 Å². The first-order valence-corrected chi connectivity index (χ1v) is 11.2. The summed E-state index contributed by atoms with van der Waals surface area (Å²) >= 11 is 0. The van der Waals surface area contributed by atoms with Crippen LogP contribution in [0.3, 0.4) is 0 Å². The maximum absolute atomic E-state index is 13.7. The third-order valence-corrected chi connectivity index (χ3v) is 5.53. The minimum Gasteiger partial charge on any atom is -0.491 e. The van der Waals surface area contributed by atoms with Gasteiger partial charge in [0.15, 0.2) is 11.5 Å². The predicted molar refractivity (Wildman–Crippen MR) is 129 cm³/mol. The fraction of sp³-hybridized carbons (Fsp3) is 0.185. The highest BCUT2D eigenvalue weighted by Gasteiger charge is 2.41. The molecule has 2 aliphatic rings. The third kappa shape index (κ3) is 3.96. The second kappa shape index (κ2) is 9.31. The largest absolute Gasteiger partial charge is 0.491 e. The maximum Gasteiger partial charge on any atom is 0.282 e. The monoisotopic (exact) mass is 456 g/mol. The average Bonchev–Trinajstić information content (AvgIpc) is 3.12. The minimum absolute atomic E-state index is 0.193. The Balaban J connectivity index is 1.56. The molecule has 172 valence electrons. The molecule has 7 heteroatoms. The molecule has 2 amide bonds. The Hall–Kier alpha value is -4.26. The van der Waals surface area contributed by atoms with Gasteiger partial charge in [0.2, 0.25) is 0 Å². The van der Waals surface area contributed by atoms with Crippen molar-refractivity contribution in [2.75, 3.05) is 30.0 Å². The van der Waals surface area contributed by atoms with Gasteiger partial charge in [0.05, 0.1) is 17.9 Å². The Morgan fingerprint density at radius 3 is 2.41 bits per heavy atom. The molecule has 0 aromatic heterocycles. The molecule has 0 radical (unpaired) electrons. The van der Waals surface area contributed by atoms with Crippen molar-refractivity contribution in [3.8, 4) is 17.2 Å². The van der Waals surface area contributed by atoms with E-state index in [1.54, 1.807) is 36.4 Å². The van der Waals surface area contributed by atoms with E-state index in [9.17, 15) is 9.59 Å². The summed E-state index contributed by atoms with van der Waals surface area (Å²) in [6.45, 7) is 3.42. The molecule has 5 rings (SSSR count). The molecule has 34 heavy (non-hydrogen) atoms. The van der Waals surface area contributed by atoms with Crippen molar-refractivity contribution in [3.05, 3.63) is 84.1 Å². The Labute approximate surface area is 197 Å². The summed E-state index contributed by atoms with van der Waals surface area (Å²) in [4.78, 5) is 28.5. The van der Waals surface area contributed by atoms with Crippen LogP contribution in [0.1, 0.15) is 18.9 Å². The summed E-state index contributed by atoms with van der Waals surface area (Å²) in [5.74, 6) is 0.852. The minimum atomic E-state index is -0.453. The van der Waals surface area contributed by atoms with Gasteiger partial charge in [-0.3, -0.25) is 9.59 Å². The van der Waals surface area contributed by atoms with Crippen LogP contribution in [-0.4, -0.2) is 31.6 Å². The van der Waals surface area contributed by atoms with Gasteiger partial charge in [0.25, 0.3) is 11.8 Å². The highest BCUT2D eigenvalue weighted by atomic mass is 16.6. The van der Waals surface area contributed by atoms with E-state index in [1.807, 2.05) is 43.3 Å². The number of ether oxygens (including phenoxy) is 3. The molecule has 2 aliphatic heterocycles. The van der Waals surface area contributed by atoms with Crippen LogP contribution in [0.5, 0.6) is 17.2 Å². The molecular formula is C27H24N2O5. The van der Waals surface area contributed by atoms with Crippen molar-refractivity contribution in [3.63, 3.8) is 0 Å². The SMILES string of the molecule is CCCOc1ccccc1N1C(=O)C(Nc2ccc3c(c2)OCCO3)=C(c2ccccc2)C1=O. The van der Waals surface area contributed by atoms with Crippen molar-refractivity contribution in [1.82, 2.24) is 0 Å². The quantitative estimate of drug-likeness (QED) is 0.522. The number of hydrogen-bond donors (Lipinski definition) is 1. The predicted octanol–water partition coefficient (Wildman–Crippen LogP) is 4.64. The zero-order chi connectivity index (χ0) is 23.5. The lowest BCUT2D eigenvalue weighted by molar-refractivity contribution is -0.120. The number of nitrogens with one attached hydrogen (secondary N) is 1. The zero-order valence-corrected chi connectivity index (χ0v) is 18.7. The highest BCUT2D eigenvalue weighted by Crippen LogP contribution is 2.39. The number of carbonyl (C=O) groups is 2. The van der Waals surface area contributed by atoms with Crippen LogP contribution in [0.4, 0.5) is 11.4 Å². The number of fused-ring (bicyclic) bond motifs is 1. The number of anilines is 2. The van der Waals surface area contributed by atoms with Gasteiger partial charge in [-0.1, -0.05) is 49.4 Å². The van der Waals surface area contributed by atoms with E-state index < -0.39 is 11.8 Å². The van der Waals surface area contributed by atoms with Crippen LogP contribution >= 0.6 is 0 Å². The lowest BCUT2D eigenvalue weighted by Crippen LogP contribution is -2.32. The van der Waals surface area contributed by atoms with Crippen molar-refractivity contribution < 1.29 is 23.8 Å². The second-order valence-corrected chi connectivity index (χ2v) is 7.86. The van der Waals surface area contributed by atoms with Gasteiger partial charge in [0.1, 0.15) is 24.7 Å². The number of carbonyl (C=O) groups excluding carboxylic acids is 2. The van der Waals surface area contributed by atoms with Crippen LogP contribution in [0.15, 0.2) is 78.5 Å². The first kappa shape index (κ1) is 21.6. The van der Waals surface area contributed by atoms with Crippen LogP contribution in [0.2, 0.25) is 0 Å². The Morgan fingerprint density at radius 1 is 0.882 bits per heavy atom. The van der Waals surface area contributed by atoms with Crippen LogP contribution in [0.25, 0.3) is 5.57 Å². The molecule has 2 heterocycles. The highest BCUT2D eigenvalue weighted by molar-refractivity contribution is 6.46. The number of hydrogen-bond acceptors (Lipinski definition) is 6. The lowest BCUT2D eigenvalue weighted by atomic mass is 10.0. The third-order valence-electron chi connectivity index (χ3n) is 5.53. The van der Waals surface area contributed by atoms with E-state index in [2.05, 4.69) is 5.32 Å². The van der Waals surface area contributed by atoms with Gasteiger partial charge in [0, 0.05) is 11.8 Å². The molecule has 0 atom stereocenters. The summed E-state index contributed by atoms with van der Waals surface area (Å²) in [6.07, 6.45) is 0.806.